The molecule has 5 heteroatoms. The molecule has 1 heterocycles. The molecule has 1 radical (unpaired) electrons. The number of nitrogens with zero attached hydrogens (tertiary/aromatic N) is 1. The highest BCUT2D eigenvalue weighted by Crippen LogP contribution is 2.48. The molecular formula is C29H23N2O2S. The summed E-state index contributed by atoms with van der Waals surface area (Å²) in [5.41, 5.74) is 8.20. The number of nitrogens with one attached hydrogen (secondary N) is 1. The zero-order valence-electron chi connectivity index (χ0n) is 18.7. The van der Waals surface area contributed by atoms with Gasteiger partial charge < -0.3 is 15.0 Å². The Labute approximate surface area is 203 Å². The Hall–Kier alpha value is -3.70. The minimum Gasteiger partial charge on any atom is -0.449 e. The maximum Gasteiger partial charge on any atom is 0.407 e. The molecule has 0 saturated heterocycles. The van der Waals surface area contributed by atoms with E-state index < -0.39 is 6.09 Å². The molecule has 167 valence electrons. The van der Waals surface area contributed by atoms with Gasteiger partial charge >= 0.3 is 6.09 Å². The van der Waals surface area contributed by atoms with Gasteiger partial charge in [0, 0.05) is 29.3 Å². The van der Waals surface area contributed by atoms with Crippen LogP contribution >= 0.6 is 11.8 Å². The van der Waals surface area contributed by atoms with Crippen molar-refractivity contribution in [2.45, 2.75) is 22.3 Å². The fourth-order valence-corrected chi connectivity index (χ4v) is 6.12. The van der Waals surface area contributed by atoms with Crippen LogP contribution in [0.3, 0.4) is 0 Å². The summed E-state index contributed by atoms with van der Waals surface area (Å²) in [7, 11) is 2.06. The zero-order valence-corrected chi connectivity index (χ0v) is 19.6. The van der Waals surface area contributed by atoms with Crippen molar-refractivity contribution in [2.75, 3.05) is 18.6 Å². The molecule has 1 aliphatic carbocycles. The average Bonchev–Trinajstić information content (AvgIpc) is 3.20. The van der Waals surface area contributed by atoms with Crippen molar-refractivity contribution >= 4 is 29.2 Å². The van der Waals surface area contributed by atoms with Crippen LogP contribution in [0.4, 0.5) is 16.2 Å². The minimum atomic E-state index is -0.402. The van der Waals surface area contributed by atoms with Crippen LogP contribution < -0.4 is 10.2 Å². The van der Waals surface area contributed by atoms with Gasteiger partial charge in [-0.1, -0.05) is 84.6 Å². The smallest absolute Gasteiger partial charge is 0.407 e. The van der Waals surface area contributed by atoms with Gasteiger partial charge in [-0.3, -0.25) is 0 Å². The molecule has 1 N–H and O–H groups in total. The number of fused-ring (bicyclic) bond motifs is 5. The van der Waals surface area contributed by atoms with Gasteiger partial charge in [-0.05, 0) is 46.0 Å². The van der Waals surface area contributed by atoms with Crippen molar-refractivity contribution in [3.8, 4) is 11.1 Å². The van der Waals surface area contributed by atoms with Crippen LogP contribution in [0.25, 0.3) is 11.1 Å². The molecule has 4 aromatic carbocycles. The first-order valence-corrected chi connectivity index (χ1v) is 12.2. The van der Waals surface area contributed by atoms with Crippen molar-refractivity contribution in [3.05, 3.63) is 108 Å². The Morgan fingerprint density at radius 1 is 0.941 bits per heavy atom. The van der Waals surface area contributed by atoms with Gasteiger partial charge in [0.25, 0.3) is 0 Å². The molecule has 0 saturated carbocycles. The SMILES string of the molecule is CN1c2ccc[c]c2Sc2c(CNC(=O)OCC3c4ccccc4-c4ccccc43)cccc21. The summed E-state index contributed by atoms with van der Waals surface area (Å²) in [5, 5.41) is 2.96. The van der Waals surface area contributed by atoms with Gasteiger partial charge in [0.15, 0.2) is 0 Å². The van der Waals surface area contributed by atoms with Crippen LogP contribution in [0.2, 0.25) is 0 Å². The molecular weight excluding hydrogens is 440 g/mol. The summed E-state index contributed by atoms with van der Waals surface area (Å²) < 4.78 is 5.71. The quantitative estimate of drug-likeness (QED) is 0.363. The van der Waals surface area contributed by atoms with Crippen LogP contribution in [-0.4, -0.2) is 19.7 Å². The summed E-state index contributed by atoms with van der Waals surface area (Å²) in [6, 6.07) is 32.3. The van der Waals surface area contributed by atoms with E-state index in [-0.39, 0.29) is 5.92 Å². The number of carbonyl (C=O) groups excluding carboxylic acids is 1. The summed E-state index contributed by atoms with van der Waals surface area (Å²) >= 11 is 1.69. The molecule has 0 aromatic heterocycles. The number of rotatable bonds is 4. The Bertz CT molecular complexity index is 1360. The summed E-state index contributed by atoms with van der Waals surface area (Å²) in [4.78, 5) is 17.1. The highest BCUT2D eigenvalue weighted by molar-refractivity contribution is 7.99. The molecule has 1 aliphatic heterocycles. The standard InChI is InChI=1S/C29H23N2O2S/c1-31-25-14-6-7-16-27(25)34-28-19(9-8-15-26(28)31)17-30-29(32)33-18-24-22-12-4-2-10-20(22)21-11-3-5-13-23(21)24/h2-15,24H,17-18H2,1H3,(H,30,32). The number of ether oxygens (including phenoxy) is 1. The van der Waals surface area contributed by atoms with Crippen LogP contribution in [0.5, 0.6) is 0 Å². The third-order valence-electron chi connectivity index (χ3n) is 6.57. The molecule has 0 fully saturated rings. The topological polar surface area (TPSA) is 41.6 Å². The van der Waals surface area contributed by atoms with E-state index in [0.717, 1.165) is 26.7 Å². The molecule has 6 rings (SSSR count). The van der Waals surface area contributed by atoms with E-state index >= 15 is 0 Å². The average molecular weight is 464 g/mol. The molecule has 4 aromatic rings. The largest absolute Gasteiger partial charge is 0.449 e. The van der Waals surface area contributed by atoms with Gasteiger partial charge in [0.1, 0.15) is 6.61 Å². The number of alkyl carbamates (subject to hydrolysis) is 1. The Balaban J connectivity index is 1.15. The van der Waals surface area contributed by atoms with Gasteiger partial charge in [0.2, 0.25) is 0 Å². The second kappa shape index (κ2) is 8.58. The maximum absolute atomic E-state index is 12.7. The number of carbonyl (C=O) groups is 1. The molecule has 0 unspecified atom stereocenters. The van der Waals surface area contributed by atoms with Crippen LogP contribution in [0.1, 0.15) is 22.6 Å². The lowest BCUT2D eigenvalue weighted by Crippen LogP contribution is -2.26. The fraction of sp³-hybridized carbons (Fsp3) is 0.138. The van der Waals surface area contributed by atoms with Crippen LogP contribution in [0, 0.1) is 6.07 Å². The molecule has 2 aliphatic rings. The van der Waals surface area contributed by atoms with E-state index in [1.54, 1.807) is 11.8 Å². The number of amides is 1. The summed E-state index contributed by atoms with van der Waals surface area (Å²) in [5.74, 6) is 0.0545. The molecule has 0 atom stereocenters. The van der Waals surface area contributed by atoms with E-state index in [9.17, 15) is 4.79 Å². The second-order valence-corrected chi connectivity index (χ2v) is 9.51. The summed E-state index contributed by atoms with van der Waals surface area (Å²) in [6.07, 6.45) is -0.402. The van der Waals surface area contributed by atoms with Crippen molar-refractivity contribution in [2.24, 2.45) is 0 Å². The highest BCUT2D eigenvalue weighted by Gasteiger charge is 2.29. The lowest BCUT2D eigenvalue weighted by Gasteiger charge is -2.30. The van der Waals surface area contributed by atoms with Gasteiger partial charge in [-0.15, -0.1) is 0 Å². The van der Waals surface area contributed by atoms with Gasteiger partial charge in [0.05, 0.1) is 11.4 Å². The predicted molar refractivity (Wildman–Crippen MR) is 136 cm³/mol. The first kappa shape index (κ1) is 20.9. The molecule has 4 nitrogen and oxygen atoms in total. The normalized spacial score (nSPS) is 13.5. The van der Waals surface area contributed by atoms with Crippen molar-refractivity contribution in [3.63, 3.8) is 0 Å². The number of hydrogen-bond acceptors (Lipinski definition) is 4. The van der Waals surface area contributed by atoms with Gasteiger partial charge in [-0.25, -0.2) is 4.79 Å². The van der Waals surface area contributed by atoms with Gasteiger partial charge in [-0.2, -0.15) is 0 Å². The van der Waals surface area contributed by atoms with E-state index in [2.05, 4.69) is 77.9 Å². The Morgan fingerprint density at radius 3 is 2.41 bits per heavy atom. The van der Waals surface area contributed by atoms with Crippen LogP contribution in [-0.2, 0) is 11.3 Å². The number of hydrogen-bond donors (Lipinski definition) is 1. The third-order valence-corrected chi connectivity index (χ3v) is 7.77. The van der Waals surface area contributed by atoms with Crippen molar-refractivity contribution in [1.29, 1.82) is 0 Å². The first-order chi connectivity index (χ1) is 16.7. The Kier molecular flexibility index (Phi) is 5.27. The van der Waals surface area contributed by atoms with Crippen LogP contribution in [0.15, 0.2) is 94.7 Å². The second-order valence-electron chi connectivity index (χ2n) is 8.49. The van der Waals surface area contributed by atoms with E-state index in [1.165, 1.54) is 22.3 Å². The fourth-order valence-electron chi connectivity index (χ4n) is 4.90. The Morgan fingerprint density at radius 2 is 1.65 bits per heavy atom. The number of benzene rings is 4. The minimum absolute atomic E-state index is 0.0545. The predicted octanol–water partition coefficient (Wildman–Crippen LogP) is 6.76. The number of anilines is 2. The van der Waals surface area contributed by atoms with Crippen molar-refractivity contribution < 1.29 is 9.53 Å². The van der Waals surface area contributed by atoms with Crippen molar-refractivity contribution in [1.82, 2.24) is 5.32 Å². The zero-order chi connectivity index (χ0) is 23.1. The monoisotopic (exact) mass is 463 g/mol. The lowest BCUT2D eigenvalue weighted by atomic mass is 9.98. The first-order valence-electron chi connectivity index (χ1n) is 11.3. The molecule has 0 spiro atoms. The van der Waals surface area contributed by atoms with E-state index in [0.29, 0.717) is 13.2 Å². The molecule has 0 bridgehead atoms. The molecule has 1 amide bonds. The third kappa shape index (κ3) is 3.53. The van der Waals surface area contributed by atoms with E-state index in [1.807, 2.05) is 30.3 Å². The maximum atomic E-state index is 12.7. The lowest BCUT2D eigenvalue weighted by molar-refractivity contribution is 0.142. The van der Waals surface area contributed by atoms with E-state index in [4.69, 9.17) is 4.74 Å². The highest BCUT2D eigenvalue weighted by atomic mass is 32.2. The summed E-state index contributed by atoms with van der Waals surface area (Å²) in [6.45, 7) is 0.718. The molecule has 34 heavy (non-hydrogen) atoms.